The maximum Gasteiger partial charge on any atom is 0.228 e. The van der Waals surface area contributed by atoms with Crippen LogP contribution < -0.4 is 10.1 Å². The Morgan fingerprint density at radius 3 is 2.74 bits per heavy atom. The zero-order valence-corrected chi connectivity index (χ0v) is 11.1. The van der Waals surface area contributed by atoms with Crippen LogP contribution in [0.15, 0.2) is 42.6 Å². The minimum Gasteiger partial charge on any atom is -0.481 e. The van der Waals surface area contributed by atoms with E-state index in [0.29, 0.717) is 16.6 Å². The van der Waals surface area contributed by atoms with Crippen molar-refractivity contribution in [2.45, 2.75) is 6.42 Å². The maximum atomic E-state index is 11.9. The molecule has 1 heterocycles. The first-order valence-electron chi connectivity index (χ1n) is 5.72. The van der Waals surface area contributed by atoms with Crippen molar-refractivity contribution in [3.63, 3.8) is 0 Å². The minimum atomic E-state index is -0.139. The van der Waals surface area contributed by atoms with Crippen molar-refractivity contribution in [2.24, 2.45) is 0 Å². The van der Waals surface area contributed by atoms with Crippen LogP contribution in [0, 0.1) is 0 Å². The monoisotopic (exact) mass is 276 g/mol. The standard InChI is InChI=1S/C14H13ClN2O2/c1-19-14-7-6-11(9-16-14)17-13(18)8-10-4-2-3-5-12(10)15/h2-7,9H,8H2,1H3,(H,17,18). The topological polar surface area (TPSA) is 51.2 Å². The molecule has 19 heavy (non-hydrogen) atoms. The molecule has 2 aromatic rings. The number of rotatable bonds is 4. The van der Waals surface area contributed by atoms with Gasteiger partial charge in [0.15, 0.2) is 0 Å². The molecule has 0 bridgehead atoms. The van der Waals surface area contributed by atoms with Crippen molar-refractivity contribution in [3.8, 4) is 5.88 Å². The zero-order chi connectivity index (χ0) is 13.7. The van der Waals surface area contributed by atoms with Crippen molar-refractivity contribution in [3.05, 3.63) is 53.2 Å². The van der Waals surface area contributed by atoms with Gasteiger partial charge in [0.25, 0.3) is 0 Å². The van der Waals surface area contributed by atoms with Crippen molar-refractivity contribution in [2.75, 3.05) is 12.4 Å². The Morgan fingerprint density at radius 1 is 1.32 bits per heavy atom. The van der Waals surface area contributed by atoms with Crippen molar-refractivity contribution >= 4 is 23.2 Å². The molecule has 0 unspecified atom stereocenters. The Kier molecular flexibility index (Phi) is 4.36. The van der Waals surface area contributed by atoms with Gasteiger partial charge in [-0.3, -0.25) is 4.79 Å². The van der Waals surface area contributed by atoms with Crippen LogP contribution in [-0.2, 0) is 11.2 Å². The van der Waals surface area contributed by atoms with E-state index in [-0.39, 0.29) is 12.3 Å². The van der Waals surface area contributed by atoms with Crippen LogP contribution in [0.2, 0.25) is 5.02 Å². The summed E-state index contributed by atoms with van der Waals surface area (Å²) >= 11 is 6.00. The van der Waals surface area contributed by atoms with E-state index in [1.54, 1.807) is 24.4 Å². The smallest absolute Gasteiger partial charge is 0.228 e. The predicted octanol–water partition coefficient (Wildman–Crippen LogP) is 2.92. The third-order valence-electron chi connectivity index (χ3n) is 2.54. The van der Waals surface area contributed by atoms with E-state index in [2.05, 4.69) is 10.3 Å². The summed E-state index contributed by atoms with van der Waals surface area (Å²) < 4.78 is 4.94. The molecule has 0 aliphatic rings. The van der Waals surface area contributed by atoms with Crippen molar-refractivity contribution in [1.82, 2.24) is 4.98 Å². The molecule has 1 aromatic heterocycles. The van der Waals surface area contributed by atoms with Gasteiger partial charge >= 0.3 is 0 Å². The second-order valence-electron chi connectivity index (χ2n) is 3.91. The summed E-state index contributed by atoms with van der Waals surface area (Å²) in [6, 6.07) is 10.7. The summed E-state index contributed by atoms with van der Waals surface area (Å²) in [5.41, 5.74) is 1.42. The van der Waals surface area contributed by atoms with Crippen LogP contribution in [0.4, 0.5) is 5.69 Å². The molecule has 0 saturated carbocycles. The normalized spacial score (nSPS) is 10.0. The number of methoxy groups -OCH3 is 1. The van der Waals surface area contributed by atoms with Gasteiger partial charge in [0.05, 0.1) is 25.4 Å². The number of anilines is 1. The highest BCUT2D eigenvalue weighted by atomic mass is 35.5. The molecule has 98 valence electrons. The van der Waals surface area contributed by atoms with E-state index in [4.69, 9.17) is 16.3 Å². The lowest BCUT2D eigenvalue weighted by Crippen LogP contribution is -2.14. The van der Waals surface area contributed by atoms with Gasteiger partial charge < -0.3 is 10.1 Å². The van der Waals surface area contributed by atoms with Gasteiger partial charge in [-0.1, -0.05) is 29.8 Å². The van der Waals surface area contributed by atoms with Gasteiger partial charge in [-0.05, 0) is 17.7 Å². The van der Waals surface area contributed by atoms with E-state index >= 15 is 0 Å². The molecular formula is C14H13ClN2O2. The lowest BCUT2D eigenvalue weighted by atomic mass is 10.1. The number of carbonyl (C=O) groups excluding carboxylic acids is 1. The van der Waals surface area contributed by atoms with Crippen LogP contribution in [0.1, 0.15) is 5.56 Å². The molecule has 0 aliphatic carbocycles. The molecule has 1 aromatic carbocycles. The van der Waals surface area contributed by atoms with E-state index < -0.39 is 0 Å². The third-order valence-corrected chi connectivity index (χ3v) is 2.91. The molecule has 4 nitrogen and oxygen atoms in total. The Balaban J connectivity index is 1.99. The predicted molar refractivity (Wildman–Crippen MR) is 74.6 cm³/mol. The number of ether oxygens (including phenoxy) is 1. The summed E-state index contributed by atoms with van der Waals surface area (Å²) in [6.45, 7) is 0. The Bertz CT molecular complexity index is 570. The highest BCUT2D eigenvalue weighted by molar-refractivity contribution is 6.31. The van der Waals surface area contributed by atoms with E-state index in [9.17, 15) is 4.79 Å². The fraction of sp³-hybridized carbons (Fsp3) is 0.143. The van der Waals surface area contributed by atoms with E-state index in [1.807, 2.05) is 18.2 Å². The number of benzene rings is 1. The van der Waals surface area contributed by atoms with Crippen LogP contribution in [0.25, 0.3) is 0 Å². The molecule has 0 fully saturated rings. The SMILES string of the molecule is COc1ccc(NC(=O)Cc2ccccc2Cl)cn1. The number of amides is 1. The second-order valence-corrected chi connectivity index (χ2v) is 4.31. The van der Waals surface area contributed by atoms with Crippen molar-refractivity contribution < 1.29 is 9.53 Å². The molecule has 2 rings (SSSR count). The Hall–Kier alpha value is -2.07. The van der Waals surface area contributed by atoms with Crippen LogP contribution in [-0.4, -0.2) is 18.0 Å². The van der Waals surface area contributed by atoms with Gasteiger partial charge in [0, 0.05) is 11.1 Å². The first kappa shape index (κ1) is 13.4. The summed E-state index contributed by atoms with van der Waals surface area (Å²) in [5.74, 6) is 0.365. The average molecular weight is 277 g/mol. The number of pyridine rings is 1. The van der Waals surface area contributed by atoms with Crippen LogP contribution in [0.3, 0.4) is 0 Å². The fourth-order valence-electron chi connectivity index (χ4n) is 1.59. The average Bonchev–Trinajstić information content (AvgIpc) is 2.42. The molecule has 0 spiro atoms. The molecule has 1 N–H and O–H groups in total. The number of hydrogen-bond donors (Lipinski definition) is 1. The molecular weight excluding hydrogens is 264 g/mol. The van der Waals surface area contributed by atoms with Gasteiger partial charge in [-0.2, -0.15) is 0 Å². The Labute approximate surface area is 116 Å². The fourth-order valence-corrected chi connectivity index (χ4v) is 1.80. The zero-order valence-electron chi connectivity index (χ0n) is 10.4. The molecule has 5 heteroatoms. The number of nitrogens with zero attached hydrogens (tertiary/aromatic N) is 1. The number of carbonyl (C=O) groups is 1. The van der Waals surface area contributed by atoms with Crippen molar-refractivity contribution in [1.29, 1.82) is 0 Å². The lowest BCUT2D eigenvalue weighted by Gasteiger charge is -2.06. The molecule has 0 radical (unpaired) electrons. The Morgan fingerprint density at radius 2 is 2.11 bits per heavy atom. The lowest BCUT2D eigenvalue weighted by molar-refractivity contribution is -0.115. The van der Waals surface area contributed by atoms with E-state index in [0.717, 1.165) is 5.56 Å². The number of aromatic nitrogens is 1. The minimum absolute atomic E-state index is 0.139. The van der Waals surface area contributed by atoms with Crippen LogP contribution in [0.5, 0.6) is 5.88 Å². The highest BCUT2D eigenvalue weighted by Crippen LogP contribution is 2.16. The van der Waals surface area contributed by atoms with Gasteiger partial charge in [0.1, 0.15) is 0 Å². The largest absolute Gasteiger partial charge is 0.481 e. The summed E-state index contributed by atoms with van der Waals surface area (Å²) in [5, 5.41) is 3.34. The molecule has 0 aliphatic heterocycles. The first-order valence-corrected chi connectivity index (χ1v) is 6.10. The quantitative estimate of drug-likeness (QED) is 0.934. The summed E-state index contributed by atoms with van der Waals surface area (Å²) in [6.07, 6.45) is 1.77. The van der Waals surface area contributed by atoms with Crippen LogP contribution >= 0.6 is 11.6 Å². The second kappa shape index (κ2) is 6.20. The van der Waals surface area contributed by atoms with Gasteiger partial charge in [-0.25, -0.2) is 4.98 Å². The maximum absolute atomic E-state index is 11.9. The summed E-state index contributed by atoms with van der Waals surface area (Å²) in [7, 11) is 1.54. The third kappa shape index (κ3) is 3.69. The number of hydrogen-bond acceptors (Lipinski definition) is 3. The highest BCUT2D eigenvalue weighted by Gasteiger charge is 2.07. The first-order chi connectivity index (χ1) is 9.19. The number of halogens is 1. The van der Waals surface area contributed by atoms with Gasteiger partial charge in [0.2, 0.25) is 11.8 Å². The molecule has 0 saturated heterocycles. The van der Waals surface area contributed by atoms with Gasteiger partial charge in [-0.15, -0.1) is 0 Å². The summed E-state index contributed by atoms with van der Waals surface area (Å²) in [4.78, 5) is 15.9. The van der Waals surface area contributed by atoms with E-state index in [1.165, 1.54) is 7.11 Å². The molecule has 0 atom stereocenters. The number of nitrogens with one attached hydrogen (secondary N) is 1. The molecule has 1 amide bonds.